The van der Waals surface area contributed by atoms with E-state index in [1.165, 1.54) is 24.8 Å². The molecule has 4 heteroatoms. The maximum Gasteiger partial charge on any atom is 0.228 e. The van der Waals surface area contributed by atoms with Gasteiger partial charge in [0.1, 0.15) is 0 Å². The Morgan fingerprint density at radius 3 is 2.24 bits per heavy atom. The molecular weight excluding hydrogens is 314 g/mol. The molecule has 0 aliphatic rings. The van der Waals surface area contributed by atoms with Crippen molar-refractivity contribution in [3.8, 4) is 11.5 Å². The highest BCUT2D eigenvalue weighted by Gasteiger charge is 2.09. The van der Waals surface area contributed by atoms with E-state index < -0.39 is 0 Å². The topological polar surface area (TPSA) is 47.6 Å². The van der Waals surface area contributed by atoms with Gasteiger partial charge in [0.05, 0.1) is 20.6 Å². The van der Waals surface area contributed by atoms with Crippen molar-refractivity contribution in [1.82, 2.24) is 0 Å². The zero-order valence-corrected chi connectivity index (χ0v) is 15.3. The number of nitrogens with one attached hydrogen (secondary N) is 1. The van der Waals surface area contributed by atoms with Gasteiger partial charge in [-0.2, -0.15) is 0 Å². The van der Waals surface area contributed by atoms with Gasteiger partial charge in [0.2, 0.25) is 5.91 Å². The summed E-state index contributed by atoms with van der Waals surface area (Å²) in [5, 5.41) is 2.94. The molecule has 0 aliphatic heterocycles. The molecule has 0 bridgehead atoms. The molecule has 0 fully saturated rings. The van der Waals surface area contributed by atoms with Crippen LogP contribution in [0.4, 0.5) is 5.69 Å². The molecule has 0 heterocycles. The third-order valence-electron chi connectivity index (χ3n) is 4.12. The monoisotopic (exact) mass is 341 g/mol. The van der Waals surface area contributed by atoms with E-state index in [0.717, 1.165) is 17.7 Å². The predicted molar refractivity (Wildman–Crippen MR) is 102 cm³/mol. The van der Waals surface area contributed by atoms with Crippen molar-refractivity contribution < 1.29 is 14.3 Å². The molecule has 1 amide bonds. The van der Waals surface area contributed by atoms with Crippen molar-refractivity contribution in [2.75, 3.05) is 19.5 Å². The van der Waals surface area contributed by atoms with Gasteiger partial charge in [0.15, 0.2) is 11.5 Å². The van der Waals surface area contributed by atoms with Gasteiger partial charge in [-0.25, -0.2) is 0 Å². The number of unbranched alkanes of at least 4 members (excludes halogenated alkanes) is 2. The first-order chi connectivity index (χ1) is 12.2. The molecule has 0 saturated carbocycles. The maximum absolute atomic E-state index is 12.2. The lowest BCUT2D eigenvalue weighted by molar-refractivity contribution is -0.115. The van der Waals surface area contributed by atoms with Gasteiger partial charge in [-0.05, 0) is 48.2 Å². The summed E-state index contributed by atoms with van der Waals surface area (Å²) >= 11 is 0. The van der Waals surface area contributed by atoms with E-state index in [0.29, 0.717) is 17.9 Å². The van der Waals surface area contributed by atoms with Crippen molar-refractivity contribution in [1.29, 1.82) is 0 Å². The number of anilines is 1. The molecule has 134 valence electrons. The summed E-state index contributed by atoms with van der Waals surface area (Å²) in [5.74, 6) is 1.24. The second-order valence-corrected chi connectivity index (χ2v) is 6.07. The van der Waals surface area contributed by atoms with Crippen molar-refractivity contribution in [3.05, 3.63) is 53.6 Å². The van der Waals surface area contributed by atoms with E-state index in [4.69, 9.17) is 9.47 Å². The number of amides is 1. The minimum atomic E-state index is -0.0500. The van der Waals surface area contributed by atoms with E-state index in [-0.39, 0.29) is 5.91 Å². The number of rotatable bonds is 9. The minimum absolute atomic E-state index is 0.0500. The largest absolute Gasteiger partial charge is 0.493 e. The maximum atomic E-state index is 12.2. The molecule has 0 saturated heterocycles. The van der Waals surface area contributed by atoms with Crippen LogP contribution in [0.1, 0.15) is 37.3 Å². The number of hydrogen-bond acceptors (Lipinski definition) is 3. The molecule has 4 nitrogen and oxygen atoms in total. The minimum Gasteiger partial charge on any atom is -0.493 e. The quantitative estimate of drug-likeness (QED) is 0.677. The molecule has 25 heavy (non-hydrogen) atoms. The fourth-order valence-corrected chi connectivity index (χ4v) is 2.72. The number of ether oxygens (including phenoxy) is 2. The highest BCUT2D eigenvalue weighted by Crippen LogP contribution is 2.27. The Labute approximate surface area is 150 Å². The van der Waals surface area contributed by atoms with E-state index in [1.807, 2.05) is 30.3 Å². The first-order valence-corrected chi connectivity index (χ1v) is 8.76. The Morgan fingerprint density at radius 2 is 1.60 bits per heavy atom. The summed E-state index contributed by atoms with van der Waals surface area (Å²) in [6.45, 7) is 2.21. The van der Waals surface area contributed by atoms with Gasteiger partial charge in [-0.15, -0.1) is 0 Å². The first kappa shape index (κ1) is 18.8. The molecule has 0 unspecified atom stereocenters. The molecule has 2 aromatic rings. The van der Waals surface area contributed by atoms with Gasteiger partial charge >= 0.3 is 0 Å². The van der Waals surface area contributed by atoms with Crippen LogP contribution in [-0.4, -0.2) is 20.1 Å². The van der Waals surface area contributed by atoms with Gasteiger partial charge < -0.3 is 14.8 Å². The molecule has 2 aromatic carbocycles. The lowest BCUT2D eigenvalue weighted by atomic mass is 10.1. The third kappa shape index (κ3) is 5.82. The lowest BCUT2D eigenvalue weighted by Gasteiger charge is -2.10. The number of benzene rings is 2. The number of hydrogen-bond donors (Lipinski definition) is 1. The Morgan fingerprint density at radius 1 is 0.920 bits per heavy atom. The second-order valence-electron chi connectivity index (χ2n) is 6.07. The number of methoxy groups -OCH3 is 2. The van der Waals surface area contributed by atoms with Crippen LogP contribution in [0, 0.1) is 0 Å². The Kier molecular flexibility index (Phi) is 7.33. The highest BCUT2D eigenvalue weighted by molar-refractivity contribution is 5.92. The zero-order chi connectivity index (χ0) is 18.1. The lowest BCUT2D eigenvalue weighted by Crippen LogP contribution is -2.14. The zero-order valence-electron chi connectivity index (χ0n) is 15.3. The molecule has 1 N–H and O–H groups in total. The van der Waals surface area contributed by atoms with Crippen LogP contribution >= 0.6 is 0 Å². The van der Waals surface area contributed by atoms with Crippen LogP contribution in [0.2, 0.25) is 0 Å². The molecule has 2 rings (SSSR count). The van der Waals surface area contributed by atoms with E-state index in [9.17, 15) is 4.79 Å². The van der Waals surface area contributed by atoms with E-state index in [1.54, 1.807) is 14.2 Å². The fraction of sp³-hybridized carbons (Fsp3) is 0.381. The van der Waals surface area contributed by atoms with Crippen LogP contribution in [0.15, 0.2) is 42.5 Å². The van der Waals surface area contributed by atoms with Gasteiger partial charge in [-0.1, -0.05) is 38.0 Å². The average molecular weight is 341 g/mol. The second kappa shape index (κ2) is 9.72. The van der Waals surface area contributed by atoms with E-state index in [2.05, 4.69) is 24.4 Å². The Balaban J connectivity index is 1.91. The Bertz CT molecular complexity index is 680. The number of carbonyl (C=O) groups is 1. The fourth-order valence-electron chi connectivity index (χ4n) is 2.72. The molecule has 0 aliphatic carbocycles. The molecule has 0 spiro atoms. The third-order valence-corrected chi connectivity index (χ3v) is 4.12. The smallest absolute Gasteiger partial charge is 0.228 e. The summed E-state index contributed by atoms with van der Waals surface area (Å²) in [6, 6.07) is 13.6. The summed E-state index contributed by atoms with van der Waals surface area (Å²) in [5.41, 5.74) is 3.02. The molecule has 0 radical (unpaired) electrons. The normalized spacial score (nSPS) is 10.4. The van der Waals surface area contributed by atoms with Crippen LogP contribution < -0.4 is 14.8 Å². The summed E-state index contributed by atoms with van der Waals surface area (Å²) in [6.07, 6.45) is 5.07. The predicted octanol–water partition coefficient (Wildman–Crippen LogP) is 4.62. The number of aryl methyl sites for hydroxylation is 1. The van der Waals surface area contributed by atoms with Crippen molar-refractivity contribution in [2.45, 2.75) is 39.0 Å². The Hall–Kier alpha value is -2.49. The number of carbonyl (C=O) groups excluding carboxylic acids is 1. The molecular formula is C21H27NO3. The van der Waals surface area contributed by atoms with Crippen molar-refractivity contribution >= 4 is 11.6 Å². The SMILES string of the molecule is CCCCCc1ccc(NC(=O)Cc2ccc(OC)c(OC)c2)cc1. The van der Waals surface area contributed by atoms with Crippen molar-refractivity contribution in [2.24, 2.45) is 0 Å². The summed E-state index contributed by atoms with van der Waals surface area (Å²) in [7, 11) is 3.18. The molecule has 0 aromatic heterocycles. The first-order valence-electron chi connectivity index (χ1n) is 8.76. The van der Waals surface area contributed by atoms with Crippen LogP contribution in [0.5, 0.6) is 11.5 Å². The highest BCUT2D eigenvalue weighted by atomic mass is 16.5. The van der Waals surface area contributed by atoms with Crippen LogP contribution in [-0.2, 0) is 17.6 Å². The summed E-state index contributed by atoms with van der Waals surface area (Å²) < 4.78 is 10.5. The van der Waals surface area contributed by atoms with Crippen LogP contribution in [0.3, 0.4) is 0 Å². The summed E-state index contributed by atoms with van der Waals surface area (Å²) in [4.78, 5) is 12.2. The standard InChI is InChI=1S/C21H27NO3/c1-4-5-6-7-16-8-11-18(12-9-16)22-21(23)15-17-10-13-19(24-2)20(14-17)25-3/h8-14H,4-7,15H2,1-3H3,(H,22,23). The van der Waals surface area contributed by atoms with E-state index >= 15 is 0 Å². The van der Waals surface area contributed by atoms with Gasteiger partial charge in [-0.3, -0.25) is 4.79 Å². The van der Waals surface area contributed by atoms with Gasteiger partial charge in [0, 0.05) is 5.69 Å². The van der Waals surface area contributed by atoms with Gasteiger partial charge in [0.25, 0.3) is 0 Å². The van der Waals surface area contributed by atoms with Crippen LogP contribution in [0.25, 0.3) is 0 Å². The molecule has 0 atom stereocenters. The van der Waals surface area contributed by atoms with Crippen molar-refractivity contribution in [3.63, 3.8) is 0 Å². The average Bonchev–Trinajstić information content (AvgIpc) is 2.63.